The van der Waals surface area contributed by atoms with Crippen molar-refractivity contribution in [3.63, 3.8) is 0 Å². The Morgan fingerprint density at radius 3 is 2.35 bits per heavy atom. The Morgan fingerprint density at radius 1 is 0.885 bits per heavy atom. The van der Waals surface area contributed by atoms with Gasteiger partial charge in [-0.3, -0.25) is 9.97 Å². The van der Waals surface area contributed by atoms with E-state index in [-0.39, 0.29) is 11.9 Å². The first-order chi connectivity index (χ1) is 12.7. The van der Waals surface area contributed by atoms with E-state index in [1.54, 1.807) is 18.3 Å². The van der Waals surface area contributed by atoms with Crippen molar-refractivity contribution in [3.05, 3.63) is 84.4 Å². The average Bonchev–Trinajstić information content (AvgIpc) is 2.67. The fourth-order valence-electron chi connectivity index (χ4n) is 3.27. The number of fused-ring (bicyclic) bond motifs is 1. The molecule has 1 atom stereocenters. The van der Waals surface area contributed by atoms with Crippen LogP contribution in [0, 0.1) is 5.82 Å². The molecular weight excluding hydrogens is 325 g/mol. The van der Waals surface area contributed by atoms with Gasteiger partial charge in [0.25, 0.3) is 0 Å². The van der Waals surface area contributed by atoms with Crippen LogP contribution >= 0.6 is 0 Å². The highest BCUT2D eigenvalue weighted by Gasteiger charge is 2.22. The summed E-state index contributed by atoms with van der Waals surface area (Å²) in [5.74, 6) is -0.302. The zero-order chi connectivity index (χ0) is 18.1. The van der Waals surface area contributed by atoms with Crippen LogP contribution in [-0.2, 0) is 0 Å². The van der Waals surface area contributed by atoms with Crippen LogP contribution in [0.15, 0.2) is 72.9 Å². The minimum Gasteiger partial charge on any atom is -0.323 e. The third-order valence-corrected chi connectivity index (χ3v) is 4.42. The van der Waals surface area contributed by atoms with Gasteiger partial charge < -0.3 is 5.73 Å². The van der Waals surface area contributed by atoms with Gasteiger partial charge in [-0.15, -0.1) is 0 Å². The van der Waals surface area contributed by atoms with Crippen LogP contribution in [0.3, 0.4) is 0 Å². The molecule has 4 aromatic rings. The number of pyridine rings is 2. The number of nitrogens with zero attached hydrogens (tertiary/aromatic N) is 2. The van der Waals surface area contributed by atoms with Crippen LogP contribution in [0.25, 0.3) is 33.3 Å². The molecule has 0 radical (unpaired) electrons. The van der Waals surface area contributed by atoms with Crippen molar-refractivity contribution in [1.29, 1.82) is 0 Å². The maximum absolute atomic E-state index is 14.7. The average molecular weight is 343 g/mol. The number of aromatic nitrogens is 2. The summed E-state index contributed by atoms with van der Waals surface area (Å²) in [6.45, 7) is 1.86. The fraction of sp³-hybridized carbons (Fsp3) is 0.0909. The molecule has 2 aromatic heterocycles. The lowest BCUT2D eigenvalue weighted by atomic mass is 9.90. The fourth-order valence-corrected chi connectivity index (χ4v) is 3.27. The zero-order valence-corrected chi connectivity index (χ0v) is 14.4. The number of rotatable bonds is 3. The van der Waals surface area contributed by atoms with E-state index < -0.39 is 0 Å². The third-order valence-electron chi connectivity index (χ3n) is 4.42. The van der Waals surface area contributed by atoms with Crippen LogP contribution in [0.2, 0.25) is 0 Å². The number of hydrogen-bond donors (Lipinski definition) is 1. The molecule has 0 aliphatic rings. The summed E-state index contributed by atoms with van der Waals surface area (Å²) in [6, 6.07) is 19.9. The first-order valence-corrected chi connectivity index (χ1v) is 8.51. The largest absolute Gasteiger partial charge is 0.323 e. The molecule has 26 heavy (non-hydrogen) atoms. The quantitative estimate of drug-likeness (QED) is 0.561. The molecule has 2 N–H and O–H groups in total. The van der Waals surface area contributed by atoms with E-state index in [0.29, 0.717) is 16.8 Å². The van der Waals surface area contributed by atoms with Crippen molar-refractivity contribution in [3.8, 4) is 22.4 Å². The maximum Gasteiger partial charge on any atom is 0.131 e. The van der Waals surface area contributed by atoms with Crippen molar-refractivity contribution < 1.29 is 4.39 Å². The highest BCUT2D eigenvalue weighted by molar-refractivity contribution is 6.02. The molecule has 0 fully saturated rings. The Balaban J connectivity index is 2.21. The normalized spacial score (nSPS) is 12.3. The summed E-state index contributed by atoms with van der Waals surface area (Å²) in [7, 11) is 0. The van der Waals surface area contributed by atoms with Gasteiger partial charge in [0.2, 0.25) is 0 Å². The number of hydrogen-bond acceptors (Lipinski definition) is 3. The molecule has 2 aromatic carbocycles. The molecule has 3 nitrogen and oxygen atoms in total. The molecule has 0 unspecified atom stereocenters. The van der Waals surface area contributed by atoms with E-state index in [4.69, 9.17) is 10.7 Å². The Morgan fingerprint density at radius 2 is 1.62 bits per heavy atom. The number of nitrogens with two attached hydrogens (primary N) is 1. The topological polar surface area (TPSA) is 51.8 Å². The highest BCUT2D eigenvalue weighted by Crippen LogP contribution is 2.40. The highest BCUT2D eigenvalue weighted by atomic mass is 19.1. The van der Waals surface area contributed by atoms with Gasteiger partial charge in [0.1, 0.15) is 5.82 Å². The minimum absolute atomic E-state index is 0.302. The molecule has 2 heterocycles. The molecule has 0 aliphatic heterocycles. The van der Waals surface area contributed by atoms with Gasteiger partial charge in [0.05, 0.1) is 16.9 Å². The third kappa shape index (κ3) is 2.74. The second kappa shape index (κ2) is 6.65. The number of halogens is 1. The minimum atomic E-state index is -0.350. The summed E-state index contributed by atoms with van der Waals surface area (Å²) >= 11 is 0. The first-order valence-electron chi connectivity index (χ1n) is 8.51. The standard InChI is InChI=1S/C22H18FN3/c1-14(24)22-21(15-8-2-4-10-17(15)23)20(19-12-6-7-13-25-19)16-9-3-5-11-18(16)26-22/h2-14H,24H2,1H3/t14-/m0/s1. The van der Waals surface area contributed by atoms with Gasteiger partial charge in [0, 0.05) is 34.3 Å². The molecule has 0 saturated carbocycles. The van der Waals surface area contributed by atoms with Gasteiger partial charge in [-0.2, -0.15) is 0 Å². The molecule has 0 saturated heterocycles. The van der Waals surface area contributed by atoms with Gasteiger partial charge in [-0.1, -0.05) is 42.5 Å². The Hall–Kier alpha value is -3.11. The number of para-hydroxylation sites is 1. The van der Waals surface area contributed by atoms with Crippen LogP contribution in [0.4, 0.5) is 4.39 Å². The Labute approximate surface area is 151 Å². The van der Waals surface area contributed by atoms with Crippen molar-refractivity contribution in [2.75, 3.05) is 0 Å². The van der Waals surface area contributed by atoms with E-state index in [0.717, 1.165) is 22.2 Å². The van der Waals surface area contributed by atoms with E-state index in [1.807, 2.05) is 55.5 Å². The van der Waals surface area contributed by atoms with Gasteiger partial charge in [-0.25, -0.2) is 4.39 Å². The van der Waals surface area contributed by atoms with Crippen LogP contribution in [-0.4, -0.2) is 9.97 Å². The summed E-state index contributed by atoms with van der Waals surface area (Å²) < 4.78 is 14.7. The van der Waals surface area contributed by atoms with E-state index in [9.17, 15) is 4.39 Å². The van der Waals surface area contributed by atoms with E-state index >= 15 is 0 Å². The monoisotopic (exact) mass is 343 g/mol. The lowest BCUT2D eigenvalue weighted by Crippen LogP contribution is -2.11. The Bertz CT molecular complexity index is 1080. The van der Waals surface area contributed by atoms with Crippen molar-refractivity contribution >= 4 is 10.9 Å². The van der Waals surface area contributed by atoms with Gasteiger partial charge in [0.15, 0.2) is 0 Å². The molecule has 4 heteroatoms. The SMILES string of the molecule is C[C@H](N)c1nc2ccccc2c(-c2ccccn2)c1-c1ccccc1F. The molecule has 0 aliphatic carbocycles. The summed E-state index contributed by atoms with van der Waals surface area (Å²) in [5, 5.41) is 0.925. The maximum atomic E-state index is 14.7. The van der Waals surface area contributed by atoms with E-state index in [1.165, 1.54) is 6.07 Å². The lowest BCUT2D eigenvalue weighted by Gasteiger charge is -2.19. The second-order valence-corrected chi connectivity index (χ2v) is 6.25. The Kier molecular flexibility index (Phi) is 4.19. The number of benzene rings is 2. The van der Waals surface area contributed by atoms with Crippen molar-refractivity contribution in [2.24, 2.45) is 5.73 Å². The summed E-state index contributed by atoms with van der Waals surface area (Å²) in [5.41, 5.74) is 10.5. The van der Waals surface area contributed by atoms with Crippen molar-refractivity contribution in [2.45, 2.75) is 13.0 Å². The molecule has 4 rings (SSSR count). The van der Waals surface area contributed by atoms with E-state index in [2.05, 4.69) is 4.98 Å². The zero-order valence-electron chi connectivity index (χ0n) is 14.4. The predicted molar refractivity (Wildman–Crippen MR) is 103 cm³/mol. The van der Waals surface area contributed by atoms with Gasteiger partial charge >= 0.3 is 0 Å². The smallest absolute Gasteiger partial charge is 0.131 e. The van der Waals surface area contributed by atoms with Crippen LogP contribution < -0.4 is 5.73 Å². The summed E-state index contributed by atoms with van der Waals surface area (Å²) in [6.07, 6.45) is 1.74. The second-order valence-electron chi connectivity index (χ2n) is 6.25. The van der Waals surface area contributed by atoms with Crippen LogP contribution in [0.5, 0.6) is 0 Å². The van der Waals surface area contributed by atoms with Gasteiger partial charge in [-0.05, 0) is 31.2 Å². The molecule has 0 amide bonds. The van der Waals surface area contributed by atoms with Crippen molar-refractivity contribution in [1.82, 2.24) is 9.97 Å². The molecule has 0 spiro atoms. The predicted octanol–water partition coefficient (Wildman–Crippen LogP) is 5.12. The molecule has 128 valence electrons. The van der Waals surface area contributed by atoms with Crippen LogP contribution in [0.1, 0.15) is 18.7 Å². The first kappa shape index (κ1) is 16.4. The molecular formula is C22H18FN3. The molecule has 0 bridgehead atoms. The summed E-state index contributed by atoms with van der Waals surface area (Å²) in [4.78, 5) is 9.28. The lowest BCUT2D eigenvalue weighted by molar-refractivity contribution is 0.630.